The van der Waals surface area contributed by atoms with Crippen LogP contribution in [-0.2, 0) is 17.6 Å². The summed E-state index contributed by atoms with van der Waals surface area (Å²) in [5.41, 5.74) is 3.07. The summed E-state index contributed by atoms with van der Waals surface area (Å²) < 4.78 is 1.74. The number of aromatic nitrogens is 1. The first-order valence-corrected chi connectivity index (χ1v) is 10.4. The molecule has 152 valence electrons. The summed E-state index contributed by atoms with van der Waals surface area (Å²) in [4.78, 5) is 24.0. The highest BCUT2D eigenvalue weighted by Gasteiger charge is 2.19. The lowest BCUT2D eigenvalue weighted by Gasteiger charge is -2.13. The summed E-state index contributed by atoms with van der Waals surface area (Å²) >= 11 is 6.17. The molecule has 1 atom stereocenters. The SMILES string of the molecule is CC(CC(=O)O)CC(=O)n1c(CCCCc2ccccc2)cc2ccc(Cl)cc21. The smallest absolute Gasteiger partial charge is 0.303 e. The van der Waals surface area contributed by atoms with Gasteiger partial charge >= 0.3 is 5.97 Å². The number of aliphatic carboxylic acids is 1. The molecule has 0 saturated carbocycles. The predicted octanol–water partition coefficient (Wildman–Crippen LogP) is 6.00. The van der Waals surface area contributed by atoms with Crippen LogP contribution in [0, 0.1) is 5.92 Å². The van der Waals surface area contributed by atoms with Gasteiger partial charge in [-0.1, -0.05) is 54.9 Å². The van der Waals surface area contributed by atoms with Crippen molar-refractivity contribution < 1.29 is 14.7 Å². The van der Waals surface area contributed by atoms with E-state index in [-0.39, 0.29) is 24.7 Å². The zero-order chi connectivity index (χ0) is 20.8. The molecule has 5 heteroatoms. The number of carboxylic acids is 1. The van der Waals surface area contributed by atoms with E-state index in [0.29, 0.717) is 5.02 Å². The Labute approximate surface area is 176 Å². The van der Waals surface area contributed by atoms with Gasteiger partial charge in [-0.05, 0) is 55.4 Å². The van der Waals surface area contributed by atoms with E-state index >= 15 is 0 Å². The first kappa shape index (κ1) is 21.1. The average molecular weight is 412 g/mol. The number of fused-ring (bicyclic) bond motifs is 1. The number of hydrogen-bond donors (Lipinski definition) is 1. The van der Waals surface area contributed by atoms with E-state index in [1.54, 1.807) is 11.5 Å². The number of carboxylic acid groups (broad SMARTS) is 1. The molecular formula is C24H26ClNO3. The maximum absolute atomic E-state index is 13.0. The number of halogens is 1. The van der Waals surface area contributed by atoms with Crippen LogP contribution < -0.4 is 0 Å². The third-order valence-electron chi connectivity index (χ3n) is 5.13. The Morgan fingerprint density at radius 1 is 1.00 bits per heavy atom. The van der Waals surface area contributed by atoms with Crippen molar-refractivity contribution in [3.05, 3.63) is 70.9 Å². The molecule has 1 N–H and O–H groups in total. The number of rotatable bonds is 9. The number of hydrogen-bond acceptors (Lipinski definition) is 2. The van der Waals surface area contributed by atoms with Gasteiger partial charge in [0.05, 0.1) is 5.52 Å². The van der Waals surface area contributed by atoms with E-state index < -0.39 is 5.97 Å². The van der Waals surface area contributed by atoms with Gasteiger partial charge in [0.25, 0.3) is 0 Å². The molecule has 0 aliphatic carbocycles. The topological polar surface area (TPSA) is 59.3 Å². The molecule has 2 aromatic carbocycles. The first-order valence-electron chi connectivity index (χ1n) is 10.0. The summed E-state index contributed by atoms with van der Waals surface area (Å²) in [6.45, 7) is 1.80. The van der Waals surface area contributed by atoms with Crippen molar-refractivity contribution in [1.82, 2.24) is 4.57 Å². The Kier molecular flexibility index (Phi) is 7.10. The third kappa shape index (κ3) is 5.70. The van der Waals surface area contributed by atoms with Crippen LogP contribution in [0.4, 0.5) is 0 Å². The molecule has 4 nitrogen and oxygen atoms in total. The van der Waals surface area contributed by atoms with Crippen LogP contribution in [0.15, 0.2) is 54.6 Å². The van der Waals surface area contributed by atoms with Crippen LogP contribution in [0.5, 0.6) is 0 Å². The minimum absolute atomic E-state index is 0.0158. The fourth-order valence-corrected chi connectivity index (χ4v) is 3.92. The lowest BCUT2D eigenvalue weighted by molar-refractivity contribution is -0.137. The number of nitrogens with zero attached hydrogens (tertiary/aromatic N) is 1. The molecule has 3 aromatic rings. The second-order valence-electron chi connectivity index (χ2n) is 7.67. The fraction of sp³-hybridized carbons (Fsp3) is 0.333. The van der Waals surface area contributed by atoms with Crippen molar-refractivity contribution in [2.75, 3.05) is 0 Å². The average Bonchev–Trinajstić information content (AvgIpc) is 3.02. The van der Waals surface area contributed by atoms with Gasteiger partial charge < -0.3 is 5.11 Å². The van der Waals surface area contributed by atoms with Gasteiger partial charge in [0.15, 0.2) is 0 Å². The second-order valence-corrected chi connectivity index (χ2v) is 8.10. The summed E-state index contributed by atoms with van der Waals surface area (Å²) in [6.07, 6.45) is 3.99. The fourth-order valence-electron chi connectivity index (χ4n) is 3.75. The van der Waals surface area contributed by atoms with Gasteiger partial charge in [-0.15, -0.1) is 0 Å². The Hall–Kier alpha value is -2.59. The van der Waals surface area contributed by atoms with Crippen molar-refractivity contribution in [3.8, 4) is 0 Å². The minimum atomic E-state index is -0.883. The van der Waals surface area contributed by atoms with Crippen LogP contribution in [-0.4, -0.2) is 21.6 Å². The highest BCUT2D eigenvalue weighted by Crippen LogP contribution is 2.26. The number of benzene rings is 2. The third-order valence-corrected chi connectivity index (χ3v) is 5.36. The van der Waals surface area contributed by atoms with Crippen LogP contribution in [0.3, 0.4) is 0 Å². The van der Waals surface area contributed by atoms with E-state index in [0.717, 1.165) is 42.3 Å². The van der Waals surface area contributed by atoms with Gasteiger partial charge in [-0.3, -0.25) is 14.2 Å². The number of unbranched alkanes of at least 4 members (excludes halogenated alkanes) is 1. The van der Waals surface area contributed by atoms with E-state index in [1.165, 1.54) is 5.56 Å². The molecule has 1 aromatic heterocycles. The molecular weight excluding hydrogens is 386 g/mol. The minimum Gasteiger partial charge on any atom is -0.481 e. The molecule has 0 radical (unpaired) electrons. The molecule has 0 aliphatic rings. The molecule has 1 unspecified atom stereocenters. The van der Waals surface area contributed by atoms with Crippen molar-refractivity contribution in [1.29, 1.82) is 0 Å². The summed E-state index contributed by atoms with van der Waals surface area (Å²) in [6, 6.07) is 18.0. The van der Waals surface area contributed by atoms with Crippen molar-refractivity contribution in [2.45, 2.75) is 45.4 Å². The zero-order valence-corrected chi connectivity index (χ0v) is 17.4. The van der Waals surface area contributed by atoms with Gasteiger partial charge in [-0.2, -0.15) is 0 Å². The number of carbonyl (C=O) groups is 2. The van der Waals surface area contributed by atoms with E-state index in [1.807, 2.05) is 42.5 Å². The van der Waals surface area contributed by atoms with Gasteiger partial charge in [0.2, 0.25) is 5.91 Å². The largest absolute Gasteiger partial charge is 0.481 e. The highest BCUT2D eigenvalue weighted by molar-refractivity contribution is 6.31. The summed E-state index contributed by atoms with van der Waals surface area (Å²) in [5, 5.41) is 10.6. The molecule has 3 rings (SSSR count). The second kappa shape index (κ2) is 9.75. The van der Waals surface area contributed by atoms with Crippen molar-refractivity contribution >= 4 is 34.4 Å². The monoisotopic (exact) mass is 411 g/mol. The van der Waals surface area contributed by atoms with Crippen molar-refractivity contribution in [3.63, 3.8) is 0 Å². The Morgan fingerprint density at radius 2 is 1.72 bits per heavy atom. The predicted molar refractivity (Wildman–Crippen MR) is 117 cm³/mol. The standard InChI is InChI=1S/C24H26ClNO3/c1-17(14-24(28)29)13-23(27)26-21(15-19-11-12-20(25)16-22(19)26)10-6-5-9-18-7-3-2-4-8-18/h2-4,7-8,11-12,15-17H,5-6,9-10,13-14H2,1H3,(H,28,29). The maximum atomic E-state index is 13.0. The van der Waals surface area contributed by atoms with Crippen LogP contribution in [0.2, 0.25) is 5.02 Å². The summed E-state index contributed by atoms with van der Waals surface area (Å²) in [5.74, 6) is -1.18. The van der Waals surface area contributed by atoms with Gasteiger partial charge in [0, 0.05) is 28.9 Å². The Bertz CT molecular complexity index is 994. The van der Waals surface area contributed by atoms with Gasteiger partial charge in [0.1, 0.15) is 0 Å². The molecule has 0 spiro atoms. The quantitative estimate of drug-likeness (QED) is 0.439. The number of carbonyl (C=O) groups excluding carboxylic acids is 1. The van der Waals surface area contributed by atoms with E-state index in [2.05, 4.69) is 12.1 Å². The van der Waals surface area contributed by atoms with Crippen LogP contribution >= 0.6 is 11.6 Å². The zero-order valence-electron chi connectivity index (χ0n) is 16.6. The van der Waals surface area contributed by atoms with Crippen molar-refractivity contribution in [2.24, 2.45) is 5.92 Å². The number of aryl methyl sites for hydroxylation is 2. The molecule has 0 amide bonds. The van der Waals surface area contributed by atoms with Crippen LogP contribution in [0.1, 0.15) is 48.7 Å². The lowest BCUT2D eigenvalue weighted by Crippen LogP contribution is -2.18. The molecule has 0 saturated heterocycles. The molecule has 1 heterocycles. The first-order chi connectivity index (χ1) is 13.9. The van der Waals surface area contributed by atoms with E-state index in [4.69, 9.17) is 16.7 Å². The van der Waals surface area contributed by atoms with E-state index in [9.17, 15) is 9.59 Å². The summed E-state index contributed by atoms with van der Waals surface area (Å²) in [7, 11) is 0. The lowest BCUT2D eigenvalue weighted by atomic mass is 10.0. The molecule has 0 bridgehead atoms. The van der Waals surface area contributed by atoms with Gasteiger partial charge in [-0.25, -0.2) is 0 Å². The molecule has 0 fully saturated rings. The van der Waals surface area contributed by atoms with Crippen LogP contribution in [0.25, 0.3) is 10.9 Å². The molecule has 29 heavy (non-hydrogen) atoms. The highest BCUT2D eigenvalue weighted by atomic mass is 35.5. The normalized spacial score (nSPS) is 12.2. The Morgan fingerprint density at radius 3 is 2.45 bits per heavy atom. The maximum Gasteiger partial charge on any atom is 0.303 e. The Balaban J connectivity index is 1.76. The molecule has 0 aliphatic heterocycles.